The maximum absolute atomic E-state index is 14.0. The Morgan fingerprint density at radius 1 is 0.825 bits per heavy atom. The fourth-order valence-corrected chi connectivity index (χ4v) is 3.67. The lowest BCUT2D eigenvalue weighted by Gasteiger charge is -2.24. The van der Waals surface area contributed by atoms with E-state index in [2.05, 4.69) is 5.32 Å². The van der Waals surface area contributed by atoms with E-state index in [0.29, 0.717) is 17.0 Å². The maximum Gasteiger partial charge on any atom is 0.290 e. The van der Waals surface area contributed by atoms with Gasteiger partial charge in [-0.1, -0.05) is 18.2 Å². The summed E-state index contributed by atoms with van der Waals surface area (Å²) >= 11 is 0. The zero-order valence-corrected chi connectivity index (χ0v) is 21.3. The van der Waals surface area contributed by atoms with Gasteiger partial charge < -0.3 is 24.3 Å². The third kappa shape index (κ3) is 7.28. The largest absolute Gasteiger partial charge is 0.459 e. The molecule has 206 valence electrons. The van der Waals surface area contributed by atoms with E-state index >= 15 is 0 Å². The second kappa shape index (κ2) is 12.7. The Balaban J connectivity index is 1.40. The lowest BCUT2D eigenvalue weighted by molar-refractivity contribution is -0.131. The molecule has 0 aliphatic heterocycles. The molecule has 0 bridgehead atoms. The van der Waals surface area contributed by atoms with Crippen LogP contribution in [-0.4, -0.2) is 47.7 Å². The van der Waals surface area contributed by atoms with E-state index in [0.717, 1.165) is 17.0 Å². The highest BCUT2D eigenvalue weighted by Crippen LogP contribution is 2.24. The van der Waals surface area contributed by atoms with Crippen molar-refractivity contribution in [2.75, 3.05) is 25.5 Å². The van der Waals surface area contributed by atoms with Crippen LogP contribution in [0.2, 0.25) is 0 Å². The summed E-state index contributed by atoms with van der Waals surface area (Å²) < 4.78 is 51.2. The minimum absolute atomic E-state index is 0.0283. The van der Waals surface area contributed by atoms with Crippen molar-refractivity contribution >= 4 is 23.4 Å². The molecule has 0 aliphatic carbocycles. The van der Waals surface area contributed by atoms with Gasteiger partial charge in [-0.05, 0) is 54.6 Å². The molecule has 0 fully saturated rings. The number of carbonyl (C=O) groups is 3. The summed E-state index contributed by atoms with van der Waals surface area (Å²) in [5.41, 5.74) is 0.660. The Hall–Kier alpha value is -5.06. The molecule has 4 rings (SSSR count). The number of hydrogen-bond donors (Lipinski definition) is 1. The van der Waals surface area contributed by atoms with Gasteiger partial charge in [0.2, 0.25) is 11.8 Å². The summed E-state index contributed by atoms with van der Waals surface area (Å²) in [5, 5.41) is 2.63. The lowest BCUT2D eigenvalue weighted by atomic mass is 10.2. The van der Waals surface area contributed by atoms with E-state index in [-0.39, 0.29) is 18.1 Å². The van der Waals surface area contributed by atoms with Crippen LogP contribution in [-0.2, 0) is 16.1 Å². The van der Waals surface area contributed by atoms with Crippen molar-refractivity contribution in [3.63, 3.8) is 0 Å². The second-order valence-electron chi connectivity index (χ2n) is 8.73. The molecule has 8 nitrogen and oxygen atoms in total. The first-order valence-corrected chi connectivity index (χ1v) is 12.0. The molecule has 1 aromatic heterocycles. The van der Waals surface area contributed by atoms with Crippen LogP contribution < -0.4 is 10.1 Å². The van der Waals surface area contributed by atoms with Crippen molar-refractivity contribution in [1.82, 2.24) is 9.80 Å². The molecule has 0 saturated carbocycles. The number of nitrogens with one attached hydrogen (secondary N) is 1. The highest BCUT2D eigenvalue weighted by Gasteiger charge is 2.25. The fraction of sp³-hybridized carbons (Fsp3) is 0.138. The molecule has 0 spiro atoms. The highest BCUT2D eigenvalue weighted by molar-refractivity contribution is 5.99. The van der Waals surface area contributed by atoms with Gasteiger partial charge in [0.05, 0.1) is 6.26 Å². The maximum atomic E-state index is 14.0. The van der Waals surface area contributed by atoms with Crippen molar-refractivity contribution in [2.45, 2.75) is 6.54 Å². The number of carbonyl (C=O) groups excluding carboxylic acids is 3. The Morgan fingerprint density at radius 3 is 2.23 bits per heavy atom. The highest BCUT2D eigenvalue weighted by atomic mass is 19.2. The number of hydrogen-bond acceptors (Lipinski definition) is 5. The molecule has 4 aromatic rings. The first-order valence-electron chi connectivity index (χ1n) is 12.0. The van der Waals surface area contributed by atoms with Gasteiger partial charge in [0.25, 0.3) is 5.91 Å². The summed E-state index contributed by atoms with van der Waals surface area (Å²) in [4.78, 5) is 41.0. The summed E-state index contributed by atoms with van der Waals surface area (Å²) in [6.07, 6.45) is 1.29. The SMILES string of the molecule is CN(Cc1ccccc1F)C(=O)CN(CC(=O)Nc1ccc(Oc2ccc(F)c(F)c2)cc1)C(=O)c1ccco1. The van der Waals surface area contributed by atoms with Crippen LogP contribution >= 0.6 is 0 Å². The van der Waals surface area contributed by atoms with Gasteiger partial charge >= 0.3 is 0 Å². The minimum atomic E-state index is -1.05. The smallest absolute Gasteiger partial charge is 0.290 e. The standard InChI is InChI=1S/C29H24F3N3O5/c1-34(16-19-5-2-3-6-23(19)30)28(37)18-35(29(38)26-7-4-14-39-26)17-27(36)33-20-8-10-21(11-9-20)40-22-12-13-24(31)25(32)15-22/h2-15H,16-18H2,1H3,(H,33,36). The molecule has 0 aliphatic rings. The minimum Gasteiger partial charge on any atom is -0.459 e. The number of rotatable bonds is 10. The Kier molecular flexibility index (Phi) is 8.85. The molecule has 0 atom stereocenters. The molecule has 1 heterocycles. The van der Waals surface area contributed by atoms with Crippen molar-refractivity contribution in [1.29, 1.82) is 0 Å². The van der Waals surface area contributed by atoms with Gasteiger partial charge in [-0.2, -0.15) is 0 Å². The monoisotopic (exact) mass is 551 g/mol. The number of furan rings is 1. The Morgan fingerprint density at radius 2 is 1.55 bits per heavy atom. The van der Waals surface area contributed by atoms with Crippen LogP contribution in [0, 0.1) is 17.5 Å². The van der Waals surface area contributed by atoms with E-state index in [1.807, 2.05) is 0 Å². The summed E-state index contributed by atoms with van der Waals surface area (Å²) in [5.74, 6) is -3.97. The lowest BCUT2D eigenvalue weighted by Crippen LogP contribution is -2.44. The van der Waals surface area contributed by atoms with E-state index in [9.17, 15) is 27.6 Å². The molecular weight excluding hydrogens is 527 g/mol. The van der Waals surface area contributed by atoms with Gasteiger partial charge in [-0.15, -0.1) is 0 Å². The summed E-state index contributed by atoms with van der Waals surface area (Å²) in [7, 11) is 1.47. The number of anilines is 1. The van der Waals surface area contributed by atoms with E-state index in [1.165, 1.54) is 72.8 Å². The van der Waals surface area contributed by atoms with Crippen LogP contribution in [0.5, 0.6) is 11.5 Å². The molecule has 0 radical (unpaired) electrons. The predicted octanol–water partition coefficient (Wildman–Crippen LogP) is 5.23. The number of benzene rings is 3. The normalized spacial score (nSPS) is 10.6. The topological polar surface area (TPSA) is 92.1 Å². The molecule has 0 saturated heterocycles. The third-order valence-corrected chi connectivity index (χ3v) is 5.74. The molecule has 3 amide bonds. The zero-order chi connectivity index (χ0) is 28.6. The first-order chi connectivity index (χ1) is 19.2. The summed E-state index contributed by atoms with van der Waals surface area (Å²) in [6, 6.07) is 18.1. The zero-order valence-electron chi connectivity index (χ0n) is 21.3. The van der Waals surface area contributed by atoms with Crippen molar-refractivity contribution in [3.05, 3.63) is 114 Å². The van der Waals surface area contributed by atoms with Gasteiger partial charge in [-0.25, -0.2) is 13.2 Å². The first kappa shape index (κ1) is 28.0. The molecule has 1 N–H and O–H groups in total. The van der Waals surface area contributed by atoms with Gasteiger partial charge in [0, 0.05) is 30.9 Å². The van der Waals surface area contributed by atoms with E-state index in [4.69, 9.17) is 9.15 Å². The van der Waals surface area contributed by atoms with Crippen molar-refractivity contribution < 1.29 is 36.7 Å². The van der Waals surface area contributed by atoms with Crippen LogP contribution in [0.3, 0.4) is 0 Å². The molecule has 0 unspecified atom stereocenters. The number of amides is 3. The third-order valence-electron chi connectivity index (χ3n) is 5.74. The predicted molar refractivity (Wildman–Crippen MR) is 139 cm³/mol. The molecule has 11 heteroatoms. The quantitative estimate of drug-likeness (QED) is 0.292. The number of nitrogens with zero attached hydrogens (tertiary/aromatic N) is 2. The van der Waals surface area contributed by atoms with Gasteiger partial charge in [0.15, 0.2) is 17.4 Å². The van der Waals surface area contributed by atoms with E-state index in [1.54, 1.807) is 12.1 Å². The number of halogens is 3. The van der Waals surface area contributed by atoms with Crippen LogP contribution in [0.4, 0.5) is 18.9 Å². The van der Waals surface area contributed by atoms with Crippen molar-refractivity contribution in [3.8, 4) is 11.5 Å². The summed E-state index contributed by atoms with van der Waals surface area (Å²) in [6.45, 7) is -0.968. The van der Waals surface area contributed by atoms with Crippen LogP contribution in [0.15, 0.2) is 89.5 Å². The molecule has 40 heavy (non-hydrogen) atoms. The molecular formula is C29H24F3N3O5. The van der Waals surface area contributed by atoms with Gasteiger partial charge in [0.1, 0.15) is 30.4 Å². The number of ether oxygens (including phenoxy) is 1. The average molecular weight is 552 g/mol. The Labute approximate surface area is 227 Å². The average Bonchev–Trinajstić information content (AvgIpc) is 3.47. The van der Waals surface area contributed by atoms with Crippen molar-refractivity contribution in [2.24, 2.45) is 0 Å². The number of likely N-dealkylation sites (N-methyl/N-ethyl adjacent to an activating group) is 1. The van der Waals surface area contributed by atoms with E-state index < -0.39 is 48.3 Å². The van der Waals surface area contributed by atoms with Crippen LogP contribution in [0.25, 0.3) is 0 Å². The Bertz CT molecular complexity index is 1490. The van der Waals surface area contributed by atoms with Crippen LogP contribution in [0.1, 0.15) is 16.1 Å². The fourth-order valence-electron chi connectivity index (χ4n) is 3.67. The van der Waals surface area contributed by atoms with Gasteiger partial charge in [-0.3, -0.25) is 14.4 Å². The molecule has 3 aromatic carbocycles. The second-order valence-corrected chi connectivity index (χ2v) is 8.73.